The molecule has 1 aromatic carbocycles. The van der Waals surface area contributed by atoms with Crippen LogP contribution in [-0.2, 0) is 27.3 Å². The molecule has 0 radical (unpaired) electrons. The van der Waals surface area contributed by atoms with Gasteiger partial charge in [0.15, 0.2) is 0 Å². The van der Waals surface area contributed by atoms with E-state index in [1.54, 1.807) is 4.90 Å². The van der Waals surface area contributed by atoms with Crippen LogP contribution in [0.25, 0.3) is 0 Å². The molecule has 1 saturated heterocycles. The van der Waals surface area contributed by atoms with Crippen molar-refractivity contribution in [3.63, 3.8) is 0 Å². The SMILES string of the molecule is CC(C)(C)OC(=O)N1C2C[C@]2(Cc2nnco2)C[C@H]1C(=O)OCc1ccccc1. The van der Waals surface area contributed by atoms with Gasteiger partial charge in [-0.1, -0.05) is 30.3 Å². The lowest BCUT2D eigenvalue weighted by atomic mass is 9.96. The van der Waals surface area contributed by atoms with Gasteiger partial charge in [-0.15, -0.1) is 10.2 Å². The molecular formula is C21H25N3O5. The highest BCUT2D eigenvalue weighted by Crippen LogP contribution is 2.61. The van der Waals surface area contributed by atoms with Crippen molar-refractivity contribution in [1.82, 2.24) is 15.1 Å². The molecule has 1 aromatic heterocycles. The molecule has 3 atom stereocenters. The zero-order valence-corrected chi connectivity index (χ0v) is 16.8. The van der Waals surface area contributed by atoms with Crippen LogP contribution in [0.2, 0.25) is 0 Å². The van der Waals surface area contributed by atoms with Crippen LogP contribution in [0.15, 0.2) is 41.1 Å². The summed E-state index contributed by atoms with van der Waals surface area (Å²) >= 11 is 0. The quantitative estimate of drug-likeness (QED) is 0.713. The van der Waals surface area contributed by atoms with Gasteiger partial charge in [-0.05, 0) is 39.2 Å². The molecule has 0 bridgehead atoms. The summed E-state index contributed by atoms with van der Waals surface area (Å²) in [6, 6.07) is 8.68. The number of piperidine rings is 1. The largest absolute Gasteiger partial charge is 0.459 e. The lowest BCUT2D eigenvalue weighted by Crippen LogP contribution is -2.46. The number of nitrogens with zero attached hydrogens (tertiary/aromatic N) is 3. The smallest absolute Gasteiger partial charge is 0.411 e. The highest BCUT2D eigenvalue weighted by Gasteiger charge is 2.68. The topological polar surface area (TPSA) is 94.8 Å². The monoisotopic (exact) mass is 399 g/mol. The first-order valence-corrected chi connectivity index (χ1v) is 9.74. The van der Waals surface area contributed by atoms with E-state index < -0.39 is 23.7 Å². The number of aromatic nitrogens is 2. The molecule has 1 unspecified atom stereocenters. The van der Waals surface area contributed by atoms with Crippen LogP contribution in [0.4, 0.5) is 4.79 Å². The lowest BCUT2D eigenvalue weighted by Gasteiger charge is -2.29. The van der Waals surface area contributed by atoms with Crippen LogP contribution >= 0.6 is 0 Å². The number of hydrogen-bond acceptors (Lipinski definition) is 7. The molecule has 154 valence electrons. The lowest BCUT2D eigenvalue weighted by molar-refractivity contribution is -0.150. The third kappa shape index (κ3) is 4.11. The van der Waals surface area contributed by atoms with E-state index in [9.17, 15) is 9.59 Å². The first kappa shape index (κ1) is 19.4. The third-order valence-corrected chi connectivity index (χ3v) is 5.43. The fraction of sp³-hybridized carbons (Fsp3) is 0.524. The predicted molar refractivity (Wildman–Crippen MR) is 102 cm³/mol. The standard InChI is InChI=1S/C21H25N3O5/c1-20(2,3)29-19(26)24-15(18(25)27-12-14-7-5-4-6-8-14)9-21(10-16(21)24)11-17-23-22-13-28-17/h4-8,13,15-16H,9-12H2,1-3H3/t15-,16?,21-/m0/s1. The molecule has 8 heteroatoms. The summed E-state index contributed by atoms with van der Waals surface area (Å²) in [5.41, 5.74) is -0.00406. The number of carbonyl (C=O) groups is 2. The number of hydrogen-bond donors (Lipinski definition) is 0. The number of likely N-dealkylation sites (tertiary alicyclic amines) is 1. The first-order chi connectivity index (χ1) is 13.8. The highest BCUT2D eigenvalue weighted by molar-refractivity contribution is 5.83. The van der Waals surface area contributed by atoms with Gasteiger partial charge < -0.3 is 13.9 Å². The maximum absolute atomic E-state index is 12.9. The molecule has 1 aliphatic heterocycles. The predicted octanol–water partition coefficient (Wildman–Crippen LogP) is 3.12. The van der Waals surface area contributed by atoms with Gasteiger partial charge in [0.25, 0.3) is 0 Å². The maximum atomic E-state index is 12.9. The molecule has 1 saturated carbocycles. The Morgan fingerprint density at radius 1 is 1.24 bits per heavy atom. The van der Waals surface area contributed by atoms with E-state index >= 15 is 0 Å². The second-order valence-corrected chi connectivity index (χ2v) is 8.79. The molecule has 29 heavy (non-hydrogen) atoms. The average Bonchev–Trinajstić information content (AvgIpc) is 3.01. The fourth-order valence-electron chi connectivity index (χ4n) is 4.07. The summed E-state index contributed by atoms with van der Waals surface area (Å²) in [5.74, 6) is 0.0896. The Balaban J connectivity index is 1.50. The number of carbonyl (C=O) groups excluding carboxylic acids is 2. The minimum absolute atomic E-state index is 0.0986. The molecule has 2 aliphatic rings. The van der Waals surface area contributed by atoms with Crippen molar-refractivity contribution in [3.05, 3.63) is 48.2 Å². The molecule has 8 nitrogen and oxygen atoms in total. The Bertz CT molecular complexity index is 877. The van der Waals surface area contributed by atoms with Gasteiger partial charge in [0, 0.05) is 17.9 Å². The number of rotatable bonds is 5. The number of benzene rings is 1. The molecule has 2 aromatic rings. The number of ether oxygens (including phenoxy) is 2. The Hall–Kier alpha value is -2.90. The van der Waals surface area contributed by atoms with Gasteiger partial charge in [-0.3, -0.25) is 4.90 Å². The minimum atomic E-state index is -0.685. The van der Waals surface area contributed by atoms with Crippen molar-refractivity contribution in [2.24, 2.45) is 5.41 Å². The molecule has 0 spiro atoms. The van der Waals surface area contributed by atoms with Gasteiger partial charge >= 0.3 is 12.1 Å². The zero-order valence-electron chi connectivity index (χ0n) is 16.8. The van der Waals surface area contributed by atoms with Crippen LogP contribution in [0.3, 0.4) is 0 Å². The van der Waals surface area contributed by atoms with Crippen molar-refractivity contribution < 1.29 is 23.5 Å². The van der Waals surface area contributed by atoms with E-state index in [1.165, 1.54) is 6.39 Å². The summed E-state index contributed by atoms with van der Waals surface area (Å²) in [7, 11) is 0. The summed E-state index contributed by atoms with van der Waals surface area (Å²) in [6.07, 6.45) is 2.59. The summed E-state index contributed by atoms with van der Waals surface area (Å²) in [5, 5.41) is 7.68. The van der Waals surface area contributed by atoms with Gasteiger partial charge in [0.05, 0.1) is 0 Å². The summed E-state index contributed by atoms with van der Waals surface area (Å²) < 4.78 is 16.4. The normalized spacial score (nSPS) is 25.4. The van der Waals surface area contributed by atoms with Gasteiger partial charge in [0.2, 0.25) is 12.3 Å². The first-order valence-electron chi connectivity index (χ1n) is 9.74. The minimum Gasteiger partial charge on any atom is -0.459 e. The van der Waals surface area contributed by atoms with E-state index in [4.69, 9.17) is 13.9 Å². The second kappa shape index (κ2) is 7.17. The van der Waals surface area contributed by atoms with Crippen LogP contribution in [0.1, 0.15) is 45.1 Å². The number of amides is 1. The Morgan fingerprint density at radius 2 is 2.00 bits per heavy atom. The van der Waals surface area contributed by atoms with Gasteiger partial charge in [0.1, 0.15) is 18.2 Å². The molecule has 1 aliphatic carbocycles. The Morgan fingerprint density at radius 3 is 2.66 bits per heavy atom. The number of esters is 1. The summed E-state index contributed by atoms with van der Waals surface area (Å²) in [6.45, 7) is 5.59. The highest BCUT2D eigenvalue weighted by atomic mass is 16.6. The van der Waals surface area contributed by atoms with E-state index in [-0.39, 0.29) is 18.1 Å². The average molecular weight is 399 g/mol. The molecule has 1 amide bonds. The maximum Gasteiger partial charge on any atom is 0.411 e. The van der Waals surface area contributed by atoms with Crippen molar-refractivity contribution in [2.75, 3.05) is 0 Å². The molecule has 0 N–H and O–H groups in total. The van der Waals surface area contributed by atoms with Crippen LogP contribution < -0.4 is 0 Å². The molecular weight excluding hydrogens is 374 g/mol. The van der Waals surface area contributed by atoms with E-state index in [0.29, 0.717) is 18.7 Å². The van der Waals surface area contributed by atoms with Crippen LogP contribution in [0.5, 0.6) is 0 Å². The van der Waals surface area contributed by atoms with Crippen LogP contribution in [-0.4, -0.2) is 44.8 Å². The van der Waals surface area contributed by atoms with E-state index in [1.807, 2.05) is 51.1 Å². The second-order valence-electron chi connectivity index (χ2n) is 8.79. The zero-order chi connectivity index (χ0) is 20.6. The molecule has 4 rings (SSSR count). The Labute approximate surface area is 169 Å². The van der Waals surface area contributed by atoms with Gasteiger partial charge in [-0.25, -0.2) is 9.59 Å². The Kier molecular flexibility index (Phi) is 4.80. The number of fused-ring (bicyclic) bond motifs is 1. The van der Waals surface area contributed by atoms with Crippen molar-refractivity contribution >= 4 is 12.1 Å². The fourth-order valence-corrected chi connectivity index (χ4v) is 4.07. The van der Waals surface area contributed by atoms with E-state index in [0.717, 1.165) is 12.0 Å². The van der Waals surface area contributed by atoms with Crippen LogP contribution in [0, 0.1) is 5.41 Å². The van der Waals surface area contributed by atoms with Crippen molar-refractivity contribution in [1.29, 1.82) is 0 Å². The van der Waals surface area contributed by atoms with Crippen molar-refractivity contribution in [3.8, 4) is 0 Å². The van der Waals surface area contributed by atoms with E-state index in [2.05, 4.69) is 10.2 Å². The molecule has 2 heterocycles. The summed E-state index contributed by atoms with van der Waals surface area (Å²) in [4.78, 5) is 27.3. The third-order valence-electron chi connectivity index (χ3n) is 5.43. The van der Waals surface area contributed by atoms with Gasteiger partial charge in [-0.2, -0.15) is 0 Å². The molecule has 2 fully saturated rings. The van der Waals surface area contributed by atoms with Crippen molar-refractivity contribution in [2.45, 2.75) is 64.3 Å².